The van der Waals surface area contributed by atoms with E-state index in [2.05, 4.69) is 15.2 Å². The largest absolute Gasteiger partial charge is 0.368 e. The second-order valence-corrected chi connectivity index (χ2v) is 6.38. The number of benzene rings is 2. The smallest absolute Gasteiger partial charge is 0.269 e. The molecule has 4 rings (SSSR count). The van der Waals surface area contributed by atoms with Gasteiger partial charge in [-0.3, -0.25) is 14.9 Å². The monoisotopic (exact) mass is 366 g/mol. The maximum absolute atomic E-state index is 12.6. The van der Waals surface area contributed by atoms with Crippen molar-refractivity contribution in [3.05, 3.63) is 58.6 Å². The molecule has 27 heavy (non-hydrogen) atoms. The summed E-state index contributed by atoms with van der Waals surface area (Å²) in [7, 11) is 0. The van der Waals surface area contributed by atoms with Crippen LogP contribution in [0.15, 0.2) is 48.5 Å². The molecule has 0 saturated carbocycles. The van der Waals surface area contributed by atoms with Gasteiger partial charge in [-0.1, -0.05) is 17.3 Å². The third kappa shape index (κ3) is 3.43. The van der Waals surface area contributed by atoms with Crippen LogP contribution in [-0.4, -0.2) is 56.9 Å². The summed E-state index contributed by atoms with van der Waals surface area (Å²) in [6.45, 7) is 2.73. The molecule has 1 fully saturated rings. The number of amides is 1. The molecule has 3 aromatic rings. The van der Waals surface area contributed by atoms with Crippen molar-refractivity contribution in [1.29, 1.82) is 0 Å². The Bertz CT molecular complexity index is 976. The maximum atomic E-state index is 12.6. The topological polar surface area (TPSA) is 97.4 Å². The number of nitro groups is 1. The maximum Gasteiger partial charge on any atom is 0.269 e. The van der Waals surface area contributed by atoms with Gasteiger partial charge in [0.05, 0.1) is 10.4 Å². The van der Waals surface area contributed by atoms with Gasteiger partial charge in [0.1, 0.15) is 12.1 Å². The fraction of sp³-hybridized carbons (Fsp3) is 0.278. The molecule has 0 spiro atoms. The Balaban J connectivity index is 1.37. The zero-order valence-electron chi connectivity index (χ0n) is 14.6. The Labute approximate surface area is 154 Å². The van der Waals surface area contributed by atoms with Crippen molar-refractivity contribution < 1.29 is 9.72 Å². The highest BCUT2D eigenvalue weighted by Gasteiger charge is 2.22. The first-order valence-electron chi connectivity index (χ1n) is 8.67. The second kappa shape index (κ2) is 7.02. The van der Waals surface area contributed by atoms with Crippen LogP contribution in [0.25, 0.3) is 11.0 Å². The molecule has 0 N–H and O–H groups in total. The minimum atomic E-state index is -0.409. The lowest BCUT2D eigenvalue weighted by molar-refractivity contribution is -0.384. The minimum absolute atomic E-state index is 0.00834. The predicted octanol–water partition coefficient (Wildman–Crippen LogP) is 1.69. The van der Waals surface area contributed by atoms with Crippen LogP contribution in [0.4, 0.5) is 11.4 Å². The van der Waals surface area contributed by atoms with E-state index in [1.807, 2.05) is 29.2 Å². The molecule has 1 aliphatic heterocycles. The van der Waals surface area contributed by atoms with Crippen LogP contribution in [0.5, 0.6) is 0 Å². The number of carbonyl (C=O) groups excluding carboxylic acids is 1. The average molecular weight is 366 g/mol. The molecule has 0 radical (unpaired) electrons. The predicted molar refractivity (Wildman–Crippen MR) is 99.4 cm³/mol. The number of piperazine rings is 1. The van der Waals surface area contributed by atoms with Crippen molar-refractivity contribution in [3.8, 4) is 0 Å². The molecule has 1 saturated heterocycles. The van der Waals surface area contributed by atoms with E-state index in [4.69, 9.17) is 0 Å². The van der Waals surface area contributed by atoms with E-state index in [9.17, 15) is 14.9 Å². The fourth-order valence-corrected chi connectivity index (χ4v) is 3.26. The van der Waals surface area contributed by atoms with Gasteiger partial charge >= 0.3 is 0 Å². The summed E-state index contributed by atoms with van der Waals surface area (Å²) in [6, 6.07) is 14.1. The normalized spacial score (nSPS) is 14.5. The van der Waals surface area contributed by atoms with Crippen molar-refractivity contribution in [2.24, 2.45) is 0 Å². The summed E-state index contributed by atoms with van der Waals surface area (Å²) >= 11 is 0. The summed E-state index contributed by atoms with van der Waals surface area (Å²) in [5.74, 6) is 0.00834. The first-order chi connectivity index (χ1) is 13.1. The molecule has 1 aliphatic rings. The number of hydrogen-bond donors (Lipinski definition) is 0. The van der Waals surface area contributed by atoms with Gasteiger partial charge in [-0.2, -0.15) is 0 Å². The molecule has 0 atom stereocenters. The first kappa shape index (κ1) is 17.0. The van der Waals surface area contributed by atoms with E-state index in [-0.39, 0.29) is 18.1 Å². The number of nitro benzene ring substituents is 1. The molecule has 2 heterocycles. The van der Waals surface area contributed by atoms with Crippen molar-refractivity contribution in [2.45, 2.75) is 6.54 Å². The Morgan fingerprint density at radius 1 is 1.04 bits per heavy atom. The Morgan fingerprint density at radius 3 is 2.44 bits per heavy atom. The lowest BCUT2D eigenvalue weighted by Crippen LogP contribution is -2.49. The lowest BCUT2D eigenvalue weighted by atomic mass is 10.2. The summed E-state index contributed by atoms with van der Waals surface area (Å²) in [5, 5.41) is 18.9. The highest BCUT2D eigenvalue weighted by atomic mass is 16.6. The number of hydrogen-bond acceptors (Lipinski definition) is 6. The van der Waals surface area contributed by atoms with Crippen LogP contribution in [0.2, 0.25) is 0 Å². The van der Waals surface area contributed by atoms with Crippen molar-refractivity contribution in [2.75, 3.05) is 31.1 Å². The van der Waals surface area contributed by atoms with Gasteiger partial charge in [0.2, 0.25) is 5.91 Å². The molecule has 1 aromatic heterocycles. The highest BCUT2D eigenvalue weighted by molar-refractivity contribution is 5.80. The van der Waals surface area contributed by atoms with Gasteiger partial charge in [0, 0.05) is 44.0 Å². The molecule has 2 aromatic carbocycles. The molecular weight excluding hydrogens is 348 g/mol. The van der Waals surface area contributed by atoms with Crippen molar-refractivity contribution in [1.82, 2.24) is 19.9 Å². The number of non-ortho nitro benzene ring substituents is 1. The molecule has 9 heteroatoms. The van der Waals surface area contributed by atoms with Crippen molar-refractivity contribution in [3.63, 3.8) is 0 Å². The van der Waals surface area contributed by atoms with E-state index in [0.29, 0.717) is 26.2 Å². The molecule has 0 aliphatic carbocycles. The number of rotatable bonds is 4. The summed E-state index contributed by atoms with van der Waals surface area (Å²) in [6.07, 6.45) is 0. The first-order valence-corrected chi connectivity index (χ1v) is 8.67. The van der Waals surface area contributed by atoms with Crippen LogP contribution in [0, 0.1) is 10.1 Å². The number of nitrogens with zero attached hydrogens (tertiary/aromatic N) is 6. The Kier molecular flexibility index (Phi) is 4.41. The molecular formula is C18H18N6O3. The second-order valence-electron chi connectivity index (χ2n) is 6.38. The van der Waals surface area contributed by atoms with Crippen LogP contribution in [0.3, 0.4) is 0 Å². The van der Waals surface area contributed by atoms with Crippen LogP contribution in [0.1, 0.15) is 0 Å². The summed E-state index contributed by atoms with van der Waals surface area (Å²) < 4.78 is 1.63. The van der Waals surface area contributed by atoms with Gasteiger partial charge in [-0.05, 0) is 24.3 Å². The number of fused-ring (bicyclic) bond motifs is 1. The summed E-state index contributed by atoms with van der Waals surface area (Å²) in [4.78, 5) is 26.9. The minimum Gasteiger partial charge on any atom is -0.368 e. The van der Waals surface area contributed by atoms with E-state index in [1.165, 1.54) is 12.1 Å². The van der Waals surface area contributed by atoms with Crippen molar-refractivity contribution >= 4 is 28.3 Å². The molecule has 1 amide bonds. The molecule has 138 valence electrons. The fourth-order valence-electron chi connectivity index (χ4n) is 3.26. The van der Waals surface area contributed by atoms with Gasteiger partial charge in [-0.15, -0.1) is 5.10 Å². The van der Waals surface area contributed by atoms with E-state index in [1.54, 1.807) is 16.8 Å². The number of carbonyl (C=O) groups is 1. The van der Waals surface area contributed by atoms with Gasteiger partial charge in [0.15, 0.2) is 0 Å². The van der Waals surface area contributed by atoms with E-state index < -0.39 is 4.92 Å². The highest BCUT2D eigenvalue weighted by Crippen LogP contribution is 2.21. The Morgan fingerprint density at radius 2 is 1.74 bits per heavy atom. The third-order valence-electron chi connectivity index (χ3n) is 4.76. The van der Waals surface area contributed by atoms with Crippen LogP contribution >= 0.6 is 0 Å². The molecule has 0 bridgehead atoms. The van der Waals surface area contributed by atoms with E-state index in [0.717, 1.165) is 16.7 Å². The number of para-hydroxylation sites is 1. The quantitative estimate of drug-likeness (QED) is 0.515. The van der Waals surface area contributed by atoms with Gasteiger partial charge in [-0.25, -0.2) is 4.68 Å². The van der Waals surface area contributed by atoms with E-state index >= 15 is 0 Å². The SMILES string of the molecule is O=C(Cn1nnc2ccccc21)N1CCN(c2ccc([N+](=O)[O-])cc2)CC1. The molecule has 9 nitrogen and oxygen atoms in total. The van der Waals surface area contributed by atoms with Gasteiger partial charge < -0.3 is 9.80 Å². The standard InChI is InChI=1S/C18H18N6O3/c25-18(13-23-17-4-2-1-3-16(17)19-20-23)22-11-9-21(10-12-22)14-5-7-15(8-6-14)24(26)27/h1-8H,9-13H2. The zero-order valence-corrected chi connectivity index (χ0v) is 14.6. The van der Waals surface area contributed by atoms with Gasteiger partial charge in [0.25, 0.3) is 5.69 Å². The zero-order chi connectivity index (χ0) is 18.8. The van der Waals surface area contributed by atoms with Crippen LogP contribution < -0.4 is 4.90 Å². The number of aromatic nitrogens is 3. The summed E-state index contributed by atoms with van der Waals surface area (Å²) in [5.41, 5.74) is 2.62. The Hall–Kier alpha value is -3.49. The average Bonchev–Trinajstić information content (AvgIpc) is 3.11. The molecule has 0 unspecified atom stereocenters. The third-order valence-corrected chi connectivity index (χ3v) is 4.76. The number of anilines is 1. The van der Waals surface area contributed by atoms with Crippen LogP contribution in [-0.2, 0) is 11.3 Å². The lowest BCUT2D eigenvalue weighted by Gasteiger charge is -2.36.